The molecular formula is C83H100N20O9S. The molecule has 0 aliphatic carbocycles. The Balaban J connectivity index is 0.000000148. The molecule has 6 aromatic heterocycles. The van der Waals surface area contributed by atoms with Gasteiger partial charge in [-0.25, -0.2) is 20.1 Å². The van der Waals surface area contributed by atoms with E-state index in [9.17, 15) is 8.42 Å². The van der Waals surface area contributed by atoms with E-state index in [1.54, 1.807) is 70.6 Å². The van der Waals surface area contributed by atoms with Crippen molar-refractivity contribution < 1.29 is 41.6 Å². The number of fused-ring (bicyclic) bond motifs is 3. The van der Waals surface area contributed by atoms with Gasteiger partial charge in [0.05, 0.1) is 137 Å². The van der Waals surface area contributed by atoms with Crippen molar-refractivity contribution in [3.05, 3.63) is 177 Å². The summed E-state index contributed by atoms with van der Waals surface area (Å²) in [6.07, 6.45) is 27.1. The molecule has 113 heavy (non-hydrogen) atoms. The predicted molar refractivity (Wildman–Crippen MR) is 442 cm³/mol. The third kappa shape index (κ3) is 20.7. The maximum Gasteiger partial charge on any atom is 0.276 e. The minimum atomic E-state index is -3.65. The SMILES string of the molecule is CNCCN(c1cc(OC)cc(OC)c1)c1ccc2ncc(-c3cnn(CC4CCCOC4)c3)nc2c1.COc1cc(OC)cc(N(CCCN2CC=CCC2)c2ccc3ncc(-c4cnn(C)c4)nc3c2)c1.COc1cc(OC)cc(N(CCNC2CCN(S(N)(=O)=O)CC2)c2ccc3ncc(-c4cnn(C)c4)nc3c2)c1. The van der Waals surface area contributed by atoms with Crippen molar-refractivity contribution in [2.24, 2.45) is 25.2 Å². The Morgan fingerprint density at radius 3 is 1.35 bits per heavy atom. The van der Waals surface area contributed by atoms with Gasteiger partial charge in [-0.3, -0.25) is 33.9 Å². The minimum absolute atomic E-state index is 0.198. The quantitative estimate of drug-likeness (QED) is 0.0367. The van der Waals surface area contributed by atoms with Gasteiger partial charge in [0, 0.05) is 229 Å². The molecule has 0 bridgehead atoms. The summed E-state index contributed by atoms with van der Waals surface area (Å²) < 4.78 is 69.0. The molecule has 0 spiro atoms. The summed E-state index contributed by atoms with van der Waals surface area (Å²) in [5, 5.41) is 25.2. The number of ether oxygens (including phenoxy) is 7. The molecule has 3 aliphatic rings. The highest BCUT2D eigenvalue weighted by molar-refractivity contribution is 7.86. The van der Waals surface area contributed by atoms with Gasteiger partial charge in [-0.05, 0) is 100 Å². The molecule has 1 atom stereocenters. The van der Waals surface area contributed by atoms with Crippen LogP contribution in [0.4, 0.5) is 34.1 Å². The number of benzene rings is 6. The average molecular weight is 1550 g/mol. The summed E-state index contributed by atoms with van der Waals surface area (Å²) >= 11 is 0. The van der Waals surface area contributed by atoms with E-state index in [4.69, 9.17) is 53.2 Å². The maximum atomic E-state index is 11.7. The topological polar surface area (TPSA) is 296 Å². The smallest absolute Gasteiger partial charge is 0.276 e. The normalized spacial score (nSPS) is 14.8. The number of piperidine rings is 1. The highest BCUT2D eigenvalue weighted by atomic mass is 32.2. The van der Waals surface area contributed by atoms with Crippen LogP contribution >= 0.6 is 0 Å². The first-order valence-corrected chi connectivity index (χ1v) is 39.5. The number of nitrogens with two attached hydrogens (primary N) is 1. The molecule has 30 heteroatoms. The van der Waals surface area contributed by atoms with Gasteiger partial charge in [-0.2, -0.15) is 28.0 Å². The van der Waals surface area contributed by atoms with Gasteiger partial charge in [0.1, 0.15) is 34.5 Å². The molecule has 1 unspecified atom stereocenters. The van der Waals surface area contributed by atoms with Crippen LogP contribution in [0.5, 0.6) is 34.5 Å². The second kappa shape index (κ2) is 37.8. The molecule has 0 saturated carbocycles. The number of aromatic nitrogens is 12. The maximum absolute atomic E-state index is 11.7. The van der Waals surface area contributed by atoms with Gasteiger partial charge in [0.25, 0.3) is 10.2 Å². The second-order valence-corrected chi connectivity index (χ2v) is 29.5. The molecule has 12 aromatic rings. The molecule has 0 amide bonds. The number of aryl methyl sites for hydroxylation is 2. The standard InChI is InChI=1S/C28H34N6O3.C28H32N6O2.C27H34N8O4S/c1-29-8-9-34(23-11-24(35-2)14-25(12-23)36-3)22-6-7-26-27(13-22)32-28(16-30-26)21-15-31-33(18-21)17-20-5-4-10-37-19-20;1-32-20-21(18-30-32)28-19-29-26-9-8-22(16-27(26)31-28)34(13-7-12-33-10-5-4-6-11-33)23-14-24(35-2)17-25(15-23)36-3;1-33-18-19(16-31-33)27-17-30-25-5-4-21(14-26(25)32-27)35(22-12-23(38-2)15-24(13-22)39-3)11-8-29-20-6-9-34(10-7-20)40(28,36)37/h6-7,11-16,18,20,29H,4-5,8-10,17,19H2,1-3H3;4-5,8-9,14-20H,6-7,10-13H2,1-3H3;4-5,12-18,20,29H,6-11H2,1-3H3,(H2,28,36,37). The van der Waals surface area contributed by atoms with E-state index in [2.05, 4.69) is 103 Å². The van der Waals surface area contributed by atoms with Crippen LogP contribution in [0.2, 0.25) is 0 Å². The summed E-state index contributed by atoms with van der Waals surface area (Å²) in [4.78, 5) is 37.9. The number of rotatable bonds is 29. The van der Waals surface area contributed by atoms with Gasteiger partial charge in [-0.15, -0.1) is 0 Å². The summed E-state index contributed by atoms with van der Waals surface area (Å²) in [7, 11) is 12.0. The second-order valence-electron chi connectivity index (χ2n) is 28.0. The summed E-state index contributed by atoms with van der Waals surface area (Å²) in [5.41, 5.74) is 16.0. The van der Waals surface area contributed by atoms with E-state index in [1.807, 2.05) is 142 Å². The molecule has 15 rings (SSSR count). The van der Waals surface area contributed by atoms with Crippen molar-refractivity contribution in [1.82, 2.24) is 79.1 Å². The van der Waals surface area contributed by atoms with Crippen molar-refractivity contribution in [2.45, 2.75) is 51.1 Å². The van der Waals surface area contributed by atoms with Crippen molar-refractivity contribution in [1.29, 1.82) is 0 Å². The number of nitrogens with one attached hydrogen (secondary N) is 2. The van der Waals surface area contributed by atoms with E-state index in [1.165, 1.54) is 10.7 Å². The highest BCUT2D eigenvalue weighted by Gasteiger charge is 2.27. The Morgan fingerprint density at radius 1 is 0.504 bits per heavy atom. The molecule has 9 heterocycles. The fourth-order valence-electron chi connectivity index (χ4n) is 14.2. The number of anilines is 6. The van der Waals surface area contributed by atoms with Crippen molar-refractivity contribution in [3.8, 4) is 68.3 Å². The molecule has 2 saturated heterocycles. The van der Waals surface area contributed by atoms with Crippen LogP contribution < -0.4 is 58.9 Å². The van der Waals surface area contributed by atoms with E-state index in [-0.39, 0.29) is 6.04 Å². The Hall–Kier alpha value is -11.4. The average Bonchev–Trinajstić information content (AvgIpc) is 1.44. The van der Waals surface area contributed by atoms with Crippen LogP contribution in [0.25, 0.3) is 66.9 Å². The number of methoxy groups -OCH3 is 6. The summed E-state index contributed by atoms with van der Waals surface area (Å²) in [6, 6.07) is 36.3. The fourth-order valence-corrected chi connectivity index (χ4v) is 14.9. The zero-order valence-corrected chi connectivity index (χ0v) is 66.4. The Morgan fingerprint density at radius 2 is 0.947 bits per heavy atom. The molecular weight excluding hydrogens is 1450 g/mol. The number of nitrogens with zero attached hydrogens (tertiary/aromatic N) is 17. The van der Waals surface area contributed by atoms with E-state index < -0.39 is 10.2 Å². The van der Waals surface area contributed by atoms with Crippen LogP contribution in [-0.4, -0.2) is 211 Å². The molecule has 4 N–H and O–H groups in total. The lowest BCUT2D eigenvalue weighted by molar-refractivity contribution is 0.0470. The van der Waals surface area contributed by atoms with Crippen molar-refractivity contribution >= 4 is 77.4 Å². The van der Waals surface area contributed by atoms with Crippen LogP contribution in [0.3, 0.4) is 0 Å². The lowest BCUT2D eigenvalue weighted by atomic mass is 10.0. The van der Waals surface area contributed by atoms with Gasteiger partial charge in [-0.1, -0.05) is 12.2 Å². The monoisotopic (exact) mass is 1550 g/mol. The first kappa shape index (κ1) is 79.7. The Labute approximate surface area is 659 Å². The molecule has 592 valence electrons. The van der Waals surface area contributed by atoms with Crippen LogP contribution in [-0.2, 0) is 35.6 Å². The van der Waals surface area contributed by atoms with Crippen LogP contribution in [0.1, 0.15) is 38.5 Å². The first-order chi connectivity index (χ1) is 55.0. The summed E-state index contributed by atoms with van der Waals surface area (Å²) in [6.45, 7) is 10.2. The summed E-state index contributed by atoms with van der Waals surface area (Å²) in [5.74, 6) is 4.87. The van der Waals surface area contributed by atoms with E-state index in [0.717, 1.165) is 202 Å². The minimum Gasteiger partial charge on any atom is -0.497 e. The number of likely N-dealkylation sites (N-methyl/N-ethyl adjacent to an activating group) is 1. The zero-order chi connectivity index (χ0) is 78.8. The third-order valence-electron chi connectivity index (χ3n) is 20.3. The van der Waals surface area contributed by atoms with Crippen molar-refractivity contribution in [3.63, 3.8) is 0 Å². The molecule has 3 aliphatic heterocycles. The number of hydrogen-bond acceptors (Lipinski definition) is 24. The van der Waals surface area contributed by atoms with Gasteiger partial charge >= 0.3 is 0 Å². The zero-order valence-electron chi connectivity index (χ0n) is 65.6. The van der Waals surface area contributed by atoms with Crippen molar-refractivity contribution in [2.75, 3.05) is 143 Å². The van der Waals surface area contributed by atoms with Crippen LogP contribution in [0, 0.1) is 5.92 Å². The molecule has 6 aromatic carbocycles. The van der Waals surface area contributed by atoms with Gasteiger partial charge in [0.15, 0.2) is 0 Å². The third-order valence-corrected chi connectivity index (χ3v) is 21.3. The largest absolute Gasteiger partial charge is 0.497 e. The molecule has 2 fully saturated rings. The van der Waals surface area contributed by atoms with E-state index in [0.29, 0.717) is 56.4 Å². The van der Waals surface area contributed by atoms with Crippen LogP contribution in [0.15, 0.2) is 177 Å². The predicted octanol–water partition coefficient (Wildman–Crippen LogP) is 11.6. The van der Waals surface area contributed by atoms with Gasteiger partial charge < -0.3 is 58.5 Å². The Kier molecular flexibility index (Phi) is 26.6. The Bertz CT molecular complexity index is 5250. The number of hydrogen-bond donors (Lipinski definition) is 3. The fraction of sp³-hybridized carbons (Fsp3) is 0.361. The lowest BCUT2D eigenvalue weighted by Crippen LogP contribution is -2.48. The van der Waals surface area contributed by atoms with E-state index >= 15 is 0 Å². The first-order valence-electron chi connectivity index (χ1n) is 38.0. The lowest BCUT2D eigenvalue weighted by Gasteiger charge is -2.32. The molecule has 0 radical (unpaired) electrons. The highest BCUT2D eigenvalue weighted by Crippen LogP contribution is 2.39. The van der Waals surface area contributed by atoms with Gasteiger partial charge in [0.2, 0.25) is 0 Å². The molecule has 29 nitrogen and oxygen atoms in total.